The smallest absolute Gasteiger partial charge is 0.336 e. The fourth-order valence-corrected chi connectivity index (χ4v) is 3.18. The second-order valence-corrected chi connectivity index (χ2v) is 7.03. The predicted octanol–water partition coefficient (Wildman–Crippen LogP) is 2.83. The molecule has 2 N–H and O–H groups in total. The molecular weight excluding hydrogens is 320 g/mol. The summed E-state index contributed by atoms with van der Waals surface area (Å²) in [5.74, 6) is -1.19. The number of benzene rings is 1. The van der Waals surface area contributed by atoms with Crippen LogP contribution in [0, 0.1) is 25.7 Å². The van der Waals surface area contributed by atoms with Crippen molar-refractivity contribution in [3.63, 3.8) is 0 Å². The maximum atomic E-state index is 12.5. The number of aromatic carboxylic acids is 1. The summed E-state index contributed by atoms with van der Waals surface area (Å²) in [6.07, 6.45) is 1.25. The number of nitrogens with one attached hydrogen (secondary N) is 1. The molecule has 1 aliphatic rings. The SMILES string of the molecule is Cc1cc(C)c(C(=O)O)cc1NC(=O)C1CCN(C(=O)C(C)C)CC1. The number of anilines is 1. The van der Waals surface area contributed by atoms with E-state index in [4.69, 9.17) is 0 Å². The van der Waals surface area contributed by atoms with Gasteiger partial charge in [0.25, 0.3) is 0 Å². The van der Waals surface area contributed by atoms with Crippen molar-refractivity contribution < 1.29 is 19.5 Å². The summed E-state index contributed by atoms with van der Waals surface area (Å²) >= 11 is 0. The zero-order valence-corrected chi connectivity index (χ0v) is 15.3. The molecule has 0 unspecified atom stereocenters. The lowest BCUT2D eigenvalue weighted by molar-refractivity contribution is -0.137. The molecule has 6 heteroatoms. The zero-order valence-electron chi connectivity index (χ0n) is 15.3. The Balaban J connectivity index is 2.03. The van der Waals surface area contributed by atoms with Crippen LogP contribution < -0.4 is 5.32 Å². The van der Waals surface area contributed by atoms with E-state index in [1.165, 1.54) is 6.07 Å². The average molecular weight is 346 g/mol. The molecule has 0 spiro atoms. The summed E-state index contributed by atoms with van der Waals surface area (Å²) in [6, 6.07) is 3.28. The number of carboxylic acid groups (broad SMARTS) is 1. The highest BCUT2D eigenvalue weighted by atomic mass is 16.4. The largest absolute Gasteiger partial charge is 0.478 e. The van der Waals surface area contributed by atoms with E-state index in [0.29, 0.717) is 37.2 Å². The lowest BCUT2D eigenvalue weighted by atomic mass is 9.94. The molecule has 0 atom stereocenters. The number of carboxylic acids is 1. The van der Waals surface area contributed by atoms with Gasteiger partial charge in [-0.1, -0.05) is 19.9 Å². The van der Waals surface area contributed by atoms with Gasteiger partial charge in [0, 0.05) is 30.6 Å². The van der Waals surface area contributed by atoms with Crippen molar-refractivity contribution in [1.29, 1.82) is 0 Å². The maximum Gasteiger partial charge on any atom is 0.336 e. The summed E-state index contributed by atoms with van der Waals surface area (Å²) < 4.78 is 0. The summed E-state index contributed by atoms with van der Waals surface area (Å²) in [5.41, 5.74) is 2.23. The lowest BCUT2D eigenvalue weighted by Gasteiger charge is -2.32. The van der Waals surface area contributed by atoms with Gasteiger partial charge in [-0.15, -0.1) is 0 Å². The maximum absolute atomic E-state index is 12.5. The number of hydrogen-bond donors (Lipinski definition) is 2. The summed E-state index contributed by atoms with van der Waals surface area (Å²) in [5, 5.41) is 12.1. The first-order valence-electron chi connectivity index (χ1n) is 8.65. The van der Waals surface area contributed by atoms with Gasteiger partial charge >= 0.3 is 5.97 Å². The second kappa shape index (κ2) is 7.68. The van der Waals surface area contributed by atoms with Gasteiger partial charge in [-0.2, -0.15) is 0 Å². The zero-order chi connectivity index (χ0) is 18.7. The number of likely N-dealkylation sites (tertiary alicyclic amines) is 1. The third kappa shape index (κ3) is 4.38. The van der Waals surface area contributed by atoms with Crippen molar-refractivity contribution in [2.75, 3.05) is 18.4 Å². The van der Waals surface area contributed by atoms with Gasteiger partial charge in [0.15, 0.2) is 0 Å². The third-order valence-electron chi connectivity index (χ3n) is 4.73. The fraction of sp³-hybridized carbons (Fsp3) is 0.526. The Kier molecular flexibility index (Phi) is 5.82. The number of nitrogens with zero attached hydrogens (tertiary/aromatic N) is 1. The van der Waals surface area contributed by atoms with E-state index >= 15 is 0 Å². The highest BCUT2D eigenvalue weighted by Gasteiger charge is 2.28. The average Bonchev–Trinajstić information content (AvgIpc) is 2.56. The van der Waals surface area contributed by atoms with Crippen LogP contribution in [-0.2, 0) is 9.59 Å². The normalized spacial score (nSPS) is 15.3. The van der Waals surface area contributed by atoms with E-state index in [1.807, 2.05) is 25.7 Å². The molecule has 1 heterocycles. The first-order chi connectivity index (χ1) is 11.7. The topological polar surface area (TPSA) is 86.7 Å². The Labute approximate surface area is 148 Å². The third-order valence-corrected chi connectivity index (χ3v) is 4.73. The number of carbonyl (C=O) groups is 3. The summed E-state index contributed by atoms with van der Waals surface area (Å²) in [4.78, 5) is 37.6. The molecule has 2 rings (SSSR count). The molecule has 2 amide bonds. The van der Waals surface area contributed by atoms with Crippen molar-refractivity contribution in [2.24, 2.45) is 11.8 Å². The Hall–Kier alpha value is -2.37. The Morgan fingerprint density at radius 3 is 2.24 bits per heavy atom. The van der Waals surface area contributed by atoms with Gasteiger partial charge in [0.1, 0.15) is 0 Å². The number of piperidine rings is 1. The van der Waals surface area contributed by atoms with Crippen molar-refractivity contribution in [1.82, 2.24) is 4.90 Å². The van der Waals surface area contributed by atoms with Crippen LogP contribution in [0.25, 0.3) is 0 Å². The molecule has 1 aromatic rings. The number of rotatable bonds is 4. The van der Waals surface area contributed by atoms with Crippen LogP contribution in [0.15, 0.2) is 12.1 Å². The molecule has 1 saturated heterocycles. The number of hydrogen-bond acceptors (Lipinski definition) is 3. The van der Waals surface area contributed by atoms with Gasteiger partial charge in [-0.25, -0.2) is 4.79 Å². The van der Waals surface area contributed by atoms with Crippen LogP contribution >= 0.6 is 0 Å². The van der Waals surface area contributed by atoms with E-state index in [9.17, 15) is 19.5 Å². The molecule has 0 aliphatic carbocycles. The number of carbonyl (C=O) groups excluding carboxylic acids is 2. The minimum Gasteiger partial charge on any atom is -0.478 e. The van der Waals surface area contributed by atoms with Gasteiger partial charge in [0.2, 0.25) is 11.8 Å². The molecule has 1 fully saturated rings. The minimum absolute atomic E-state index is 0.0324. The highest BCUT2D eigenvalue weighted by Crippen LogP contribution is 2.24. The van der Waals surface area contributed by atoms with Crippen molar-refractivity contribution >= 4 is 23.5 Å². The molecule has 25 heavy (non-hydrogen) atoms. The van der Waals surface area contributed by atoms with Crippen LogP contribution in [0.1, 0.15) is 48.2 Å². The van der Waals surface area contributed by atoms with E-state index in [0.717, 1.165) is 5.56 Å². The van der Waals surface area contributed by atoms with Gasteiger partial charge in [-0.05, 0) is 43.9 Å². The van der Waals surface area contributed by atoms with Gasteiger partial charge in [-0.3, -0.25) is 9.59 Å². The van der Waals surface area contributed by atoms with E-state index in [1.54, 1.807) is 13.0 Å². The molecule has 0 aromatic heterocycles. The van der Waals surface area contributed by atoms with Crippen LogP contribution in [0.5, 0.6) is 0 Å². The predicted molar refractivity (Wildman–Crippen MR) is 95.6 cm³/mol. The Morgan fingerprint density at radius 1 is 1.12 bits per heavy atom. The van der Waals surface area contributed by atoms with E-state index in [-0.39, 0.29) is 29.2 Å². The quantitative estimate of drug-likeness (QED) is 0.878. The van der Waals surface area contributed by atoms with Crippen molar-refractivity contribution in [3.8, 4) is 0 Å². The first-order valence-corrected chi connectivity index (χ1v) is 8.65. The van der Waals surface area contributed by atoms with E-state index in [2.05, 4.69) is 5.32 Å². The highest BCUT2D eigenvalue weighted by molar-refractivity contribution is 5.96. The second-order valence-electron chi connectivity index (χ2n) is 7.03. The minimum atomic E-state index is -1.01. The van der Waals surface area contributed by atoms with Gasteiger partial charge < -0.3 is 15.3 Å². The molecule has 136 valence electrons. The number of amides is 2. The van der Waals surface area contributed by atoms with Crippen molar-refractivity contribution in [3.05, 3.63) is 28.8 Å². The molecule has 1 aliphatic heterocycles. The van der Waals surface area contributed by atoms with E-state index < -0.39 is 5.97 Å². The van der Waals surface area contributed by atoms with Crippen LogP contribution in [0.2, 0.25) is 0 Å². The molecule has 6 nitrogen and oxygen atoms in total. The standard InChI is InChI=1S/C19H26N2O4/c1-11(2)18(23)21-7-5-14(6-8-21)17(22)20-16-10-15(19(24)25)12(3)9-13(16)4/h9-11,14H,5-8H2,1-4H3,(H,20,22)(H,24,25). The summed E-state index contributed by atoms with van der Waals surface area (Å²) in [6.45, 7) is 8.51. The summed E-state index contributed by atoms with van der Waals surface area (Å²) in [7, 11) is 0. The van der Waals surface area contributed by atoms with Crippen LogP contribution in [-0.4, -0.2) is 40.9 Å². The molecule has 0 saturated carbocycles. The van der Waals surface area contributed by atoms with Crippen molar-refractivity contribution in [2.45, 2.75) is 40.5 Å². The number of aryl methyl sites for hydroxylation is 2. The molecule has 0 radical (unpaired) electrons. The monoisotopic (exact) mass is 346 g/mol. The van der Waals surface area contributed by atoms with Crippen LogP contribution in [0.4, 0.5) is 5.69 Å². The first kappa shape index (κ1) is 19.0. The lowest BCUT2D eigenvalue weighted by Crippen LogP contribution is -2.43. The fourth-order valence-electron chi connectivity index (χ4n) is 3.18. The van der Waals surface area contributed by atoms with Crippen LogP contribution in [0.3, 0.4) is 0 Å². The molecular formula is C19H26N2O4. The van der Waals surface area contributed by atoms with Gasteiger partial charge in [0.05, 0.1) is 5.56 Å². The Morgan fingerprint density at radius 2 is 1.72 bits per heavy atom. The molecule has 0 bridgehead atoms. The Bertz CT molecular complexity index is 689. The molecule has 1 aromatic carbocycles.